The number of hydrogen-bond donors (Lipinski definition) is 2. The standard InChI is InChI=1S/C14H17N3O4S/c1-3-16-22(19,20)13-6-4-5-11(8-13)14(18)15-9-12-7-10(2)17-21-12/h4-8,16H,3,9H2,1-2H3,(H,15,18). The molecule has 0 atom stereocenters. The molecule has 0 radical (unpaired) electrons. The van der Waals surface area contributed by atoms with Gasteiger partial charge in [0.15, 0.2) is 5.76 Å². The van der Waals surface area contributed by atoms with E-state index in [0.717, 1.165) is 5.69 Å². The zero-order chi connectivity index (χ0) is 16.2. The largest absolute Gasteiger partial charge is 0.359 e. The Bertz CT molecular complexity index is 768. The highest BCUT2D eigenvalue weighted by molar-refractivity contribution is 7.89. The molecule has 8 heteroatoms. The highest BCUT2D eigenvalue weighted by Crippen LogP contribution is 2.11. The van der Waals surface area contributed by atoms with Crippen LogP contribution in [0.3, 0.4) is 0 Å². The molecule has 0 bridgehead atoms. The summed E-state index contributed by atoms with van der Waals surface area (Å²) in [5, 5.41) is 6.37. The van der Waals surface area contributed by atoms with E-state index in [1.54, 1.807) is 26.0 Å². The van der Waals surface area contributed by atoms with Gasteiger partial charge in [-0.25, -0.2) is 13.1 Å². The van der Waals surface area contributed by atoms with E-state index in [0.29, 0.717) is 5.76 Å². The Balaban J connectivity index is 2.10. The Morgan fingerprint density at radius 2 is 2.09 bits per heavy atom. The smallest absolute Gasteiger partial charge is 0.251 e. The average Bonchev–Trinajstić information content (AvgIpc) is 2.90. The summed E-state index contributed by atoms with van der Waals surface area (Å²) in [5.74, 6) is 0.143. The monoisotopic (exact) mass is 323 g/mol. The number of carbonyl (C=O) groups is 1. The van der Waals surface area contributed by atoms with Crippen molar-refractivity contribution in [1.82, 2.24) is 15.2 Å². The number of hydrogen-bond acceptors (Lipinski definition) is 5. The highest BCUT2D eigenvalue weighted by atomic mass is 32.2. The number of sulfonamides is 1. The van der Waals surface area contributed by atoms with Crippen LogP contribution in [0.1, 0.15) is 28.7 Å². The molecule has 0 unspecified atom stereocenters. The van der Waals surface area contributed by atoms with E-state index in [4.69, 9.17) is 4.52 Å². The van der Waals surface area contributed by atoms with Crippen LogP contribution in [0.2, 0.25) is 0 Å². The first-order chi connectivity index (χ1) is 10.4. The normalized spacial score (nSPS) is 11.4. The number of nitrogens with zero attached hydrogens (tertiary/aromatic N) is 1. The van der Waals surface area contributed by atoms with Crippen molar-refractivity contribution >= 4 is 15.9 Å². The Morgan fingerprint density at radius 3 is 2.73 bits per heavy atom. The molecule has 0 spiro atoms. The van der Waals surface area contributed by atoms with Crippen molar-refractivity contribution in [3.63, 3.8) is 0 Å². The van der Waals surface area contributed by atoms with Crippen LogP contribution in [0.5, 0.6) is 0 Å². The first-order valence-corrected chi connectivity index (χ1v) is 8.21. The van der Waals surface area contributed by atoms with Crippen molar-refractivity contribution in [1.29, 1.82) is 0 Å². The number of aryl methyl sites for hydroxylation is 1. The Hall–Kier alpha value is -2.19. The highest BCUT2D eigenvalue weighted by Gasteiger charge is 2.15. The molecular weight excluding hydrogens is 306 g/mol. The van der Waals surface area contributed by atoms with Crippen molar-refractivity contribution in [3.05, 3.63) is 47.3 Å². The molecule has 22 heavy (non-hydrogen) atoms. The molecule has 2 rings (SSSR count). The predicted octanol–water partition coefficient (Wildman–Crippen LogP) is 1.21. The van der Waals surface area contributed by atoms with Crippen LogP contribution < -0.4 is 10.0 Å². The second-order valence-electron chi connectivity index (χ2n) is 4.65. The third-order valence-electron chi connectivity index (χ3n) is 2.84. The van der Waals surface area contributed by atoms with Crippen LogP contribution in [0, 0.1) is 6.92 Å². The maximum Gasteiger partial charge on any atom is 0.251 e. The quantitative estimate of drug-likeness (QED) is 0.832. The number of amides is 1. The van der Waals surface area contributed by atoms with Gasteiger partial charge in [-0.15, -0.1) is 0 Å². The van der Waals surface area contributed by atoms with Crippen molar-refractivity contribution in [2.45, 2.75) is 25.3 Å². The lowest BCUT2D eigenvalue weighted by Crippen LogP contribution is -2.25. The first-order valence-electron chi connectivity index (χ1n) is 6.72. The van der Waals surface area contributed by atoms with Crippen molar-refractivity contribution in [2.24, 2.45) is 0 Å². The fourth-order valence-electron chi connectivity index (χ4n) is 1.85. The van der Waals surface area contributed by atoms with Gasteiger partial charge in [0.2, 0.25) is 10.0 Å². The average molecular weight is 323 g/mol. The van der Waals surface area contributed by atoms with Gasteiger partial charge in [-0.3, -0.25) is 4.79 Å². The number of carbonyl (C=O) groups excluding carboxylic acids is 1. The first kappa shape index (κ1) is 16.2. The molecule has 0 fully saturated rings. The molecule has 2 N–H and O–H groups in total. The Kier molecular flexibility index (Phi) is 4.94. The Labute approximate surface area is 128 Å². The summed E-state index contributed by atoms with van der Waals surface area (Å²) in [7, 11) is -3.59. The number of nitrogens with one attached hydrogen (secondary N) is 2. The lowest BCUT2D eigenvalue weighted by atomic mass is 10.2. The van der Waals surface area contributed by atoms with Gasteiger partial charge in [0.1, 0.15) is 0 Å². The molecule has 2 aromatic rings. The zero-order valence-electron chi connectivity index (χ0n) is 12.3. The second-order valence-corrected chi connectivity index (χ2v) is 6.41. The van der Waals surface area contributed by atoms with Crippen LogP contribution in [-0.2, 0) is 16.6 Å². The molecule has 1 aromatic carbocycles. The summed E-state index contributed by atoms with van der Waals surface area (Å²) in [6.45, 7) is 3.94. The molecule has 7 nitrogen and oxygen atoms in total. The molecule has 118 valence electrons. The van der Waals surface area contributed by atoms with E-state index in [-0.39, 0.29) is 29.5 Å². The lowest BCUT2D eigenvalue weighted by Gasteiger charge is -2.07. The van der Waals surface area contributed by atoms with Gasteiger partial charge in [0, 0.05) is 18.2 Å². The molecule has 0 aliphatic heterocycles. The number of rotatable bonds is 6. The molecule has 0 saturated carbocycles. The summed E-state index contributed by atoms with van der Waals surface area (Å²) in [5.41, 5.74) is 0.984. The van der Waals surface area contributed by atoms with Crippen molar-refractivity contribution in [2.75, 3.05) is 6.54 Å². The van der Waals surface area contributed by atoms with E-state index < -0.39 is 10.0 Å². The molecule has 0 aliphatic carbocycles. The van der Waals surface area contributed by atoms with Gasteiger partial charge in [-0.05, 0) is 25.1 Å². The Morgan fingerprint density at radius 1 is 1.32 bits per heavy atom. The van der Waals surface area contributed by atoms with Gasteiger partial charge in [0.05, 0.1) is 17.1 Å². The second kappa shape index (κ2) is 6.71. The fourth-order valence-corrected chi connectivity index (χ4v) is 2.93. The maximum atomic E-state index is 12.1. The van der Waals surface area contributed by atoms with Gasteiger partial charge in [-0.2, -0.15) is 0 Å². The van der Waals surface area contributed by atoms with Crippen molar-refractivity contribution < 1.29 is 17.7 Å². The summed E-state index contributed by atoms with van der Waals surface area (Å²) in [6, 6.07) is 7.56. The summed E-state index contributed by atoms with van der Waals surface area (Å²) in [6.07, 6.45) is 0. The molecule has 0 aliphatic rings. The van der Waals surface area contributed by atoms with E-state index in [1.807, 2.05) is 0 Å². The maximum absolute atomic E-state index is 12.1. The SMILES string of the molecule is CCNS(=O)(=O)c1cccc(C(=O)NCc2cc(C)no2)c1. The van der Waals surface area contributed by atoms with E-state index in [9.17, 15) is 13.2 Å². The van der Waals surface area contributed by atoms with Gasteiger partial charge < -0.3 is 9.84 Å². The molecule has 1 aromatic heterocycles. The molecule has 0 saturated heterocycles. The zero-order valence-corrected chi connectivity index (χ0v) is 13.1. The van der Waals surface area contributed by atoms with Crippen molar-refractivity contribution in [3.8, 4) is 0 Å². The molecular formula is C14H17N3O4S. The van der Waals surface area contributed by atoms with Crippen LogP contribution in [0.25, 0.3) is 0 Å². The summed E-state index contributed by atoms with van der Waals surface area (Å²) >= 11 is 0. The topological polar surface area (TPSA) is 101 Å². The van der Waals surface area contributed by atoms with E-state index >= 15 is 0 Å². The minimum atomic E-state index is -3.59. The fraction of sp³-hybridized carbons (Fsp3) is 0.286. The van der Waals surface area contributed by atoms with Crippen LogP contribution in [-0.4, -0.2) is 26.0 Å². The summed E-state index contributed by atoms with van der Waals surface area (Å²) < 4.78 is 31.2. The number of benzene rings is 1. The number of aromatic nitrogens is 1. The lowest BCUT2D eigenvalue weighted by molar-refractivity contribution is 0.0947. The molecule has 1 amide bonds. The third-order valence-corrected chi connectivity index (χ3v) is 4.38. The van der Waals surface area contributed by atoms with Gasteiger partial charge in [0.25, 0.3) is 5.91 Å². The summed E-state index contributed by atoms with van der Waals surface area (Å²) in [4.78, 5) is 12.1. The van der Waals surface area contributed by atoms with Crippen LogP contribution >= 0.6 is 0 Å². The van der Waals surface area contributed by atoms with E-state index in [2.05, 4.69) is 15.2 Å². The predicted molar refractivity (Wildman–Crippen MR) is 79.7 cm³/mol. The van der Waals surface area contributed by atoms with Crippen LogP contribution in [0.15, 0.2) is 39.8 Å². The van der Waals surface area contributed by atoms with Crippen LogP contribution in [0.4, 0.5) is 0 Å². The molecule has 1 heterocycles. The third kappa shape index (κ3) is 3.92. The van der Waals surface area contributed by atoms with Gasteiger partial charge in [-0.1, -0.05) is 18.1 Å². The van der Waals surface area contributed by atoms with Gasteiger partial charge >= 0.3 is 0 Å². The van der Waals surface area contributed by atoms with E-state index in [1.165, 1.54) is 18.2 Å². The minimum absolute atomic E-state index is 0.0532. The minimum Gasteiger partial charge on any atom is -0.359 e.